The predicted octanol–water partition coefficient (Wildman–Crippen LogP) is 0.563. The fourth-order valence-electron chi connectivity index (χ4n) is 1.14. The minimum atomic E-state index is -0.526. The molecule has 0 bridgehead atoms. The second kappa shape index (κ2) is 4.25. The summed E-state index contributed by atoms with van der Waals surface area (Å²) in [5, 5.41) is 18.6. The van der Waals surface area contributed by atoms with Gasteiger partial charge in [-0.1, -0.05) is 12.1 Å². The van der Waals surface area contributed by atoms with Gasteiger partial charge in [0, 0.05) is 6.54 Å². The lowest BCUT2D eigenvalue weighted by molar-refractivity contribution is 0.183. The van der Waals surface area contributed by atoms with Gasteiger partial charge < -0.3 is 15.9 Å². The average molecular weight is 181 g/mol. The second-order valence-corrected chi connectivity index (χ2v) is 3.21. The number of hydrogen-bond acceptors (Lipinski definition) is 3. The van der Waals surface area contributed by atoms with Crippen LogP contribution in [0.25, 0.3) is 0 Å². The number of rotatable bonds is 3. The molecular formula is C10H15NO2. The van der Waals surface area contributed by atoms with Crippen LogP contribution in [0.1, 0.15) is 11.1 Å². The monoisotopic (exact) mass is 181 g/mol. The number of phenolic OH excluding ortho intramolecular Hbond substituents is 1. The van der Waals surface area contributed by atoms with Crippen molar-refractivity contribution in [1.82, 2.24) is 0 Å². The van der Waals surface area contributed by atoms with E-state index in [2.05, 4.69) is 0 Å². The molecule has 0 amide bonds. The zero-order chi connectivity index (χ0) is 9.84. The third kappa shape index (κ3) is 2.72. The van der Waals surface area contributed by atoms with Crippen molar-refractivity contribution < 1.29 is 10.2 Å². The normalized spacial score (nSPS) is 12.8. The molecule has 0 saturated carbocycles. The molecule has 0 aliphatic carbocycles. The van der Waals surface area contributed by atoms with Crippen LogP contribution in [-0.2, 0) is 6.42 Å². The van der Waals surface area contributed by atoms with Gasteiger partial charge >= 0.3 is 0 Å². The highest BCUT2D eigenvalue weighted by atomic mass is 16.3. The average Bonchev–Trinajstić information content (AvgIpc) is 2.11. The van der Waals surface area contributed by atoms with Crippen molar-refractivity contribution in [3.05, 3.63) is 29.3 Å². The quantitative estimate of drug-likeness (QED) is 0.638. The van der Waals surface area contributed by atoms with E-state index in [0.717, 1.165) is 11.1 Å². The molecule has 0 aliphatic rings. The molecule has 0 fully saturated rings. The zero-order valence-electron chi connectivity index (χ0n) is 7.70. The van der Waals surface area contributed by atoms with Crippen molar-refractivity contribution >= 4 is 0 Å². The van der Waals surface area contributed by atoms with Gasteiger partial charge in [0.15, 0.2) is 0 Å². The van der Waals surface area contributed by atoms with Gasteiger partial charge in [0.25, 0.3) is 0 Å². The topological polar surface area (TPSA) is 66.5 Å². The number of nitrogens with two attached hydrogens (primary N) is 1. The number of aromatic hydroxyl groups is 1. The summed E-state index contributed by atoms with van der Waals surface area (Å²) in [5.41, 5.74) is 7.02. The molecule has 1 rings (SSSR count). The van der Waals surface area contributed by atoms with E-state index in [4.69, 9.17) is 5.73 Å². The van der Waals surface area contributed by atoms with E-state index >= 15 is 0 Å². The molecule has 13 heavy (non-hydrogen) atoms. The molecule has 3 nitrogen and oxygen atoms in total. The van der Waals surface area contributed by atoms with Gasteiger partial charge in [-0.15, -0.1) is 0 Å². The maximum absolute atomic E-state index is 9.37. The molecule has 0 saturated heterocycles. The summed E-state index contributed by atoms with van der Waals surface area (Å²) < 4.78 is 0. The predicted molar refractivity (Wildman–Crippen MR) is 51.6 cm³/mol. The Morgan fingerprint density at radius 3 is 2.69 bits per heavy atom. The third-order valence-corrected chi connectivity index (χ3v) is 2.02. The molecule has 3 heteroatoms. The van der Waals surface area contributed by atoms with E-state index < -0.39 is 6.10 Å². The van der Waals surface area contributed by atoms with Gasteiger partial charge in [-0.2, -0.15) is 0 Å². The lowest BCUT2D eigenvalue weighted by Gasteiger charge is -2.08. The molecular weight excluding hydrogens is 166 g/mol. The largest absolute Gasteiger partial charge is 0.508 e. The Kier molecular flexibility index (Phi) is 3.28. The van der Waals surface area contributed by atoms with Crippen LogP contribution >= 0.6 is 0 Å². The first-order valence-corrected chi connectivity index (χ1v) is 4.30. The van der Waals surface area contributed by atoms with Crippen LogP contribution < -0.4 is 5.73 Å². The first-order chi connectivity index (χ1) is 6.13. The number of benzene rings is 1. The maximum Gasteiger partial charge on any atom is 0.118 e. The third-order valence-electron chi connectivity index (χ3n) is 2.02. The van der Waals surface area contributed by atoms with Crippen molar-refractivity contribution in [2.45, 2.75) is 19.4 Å². The summed E-state index contributed by atoms with van der Waals surface area (Å²) in [6.45, 7) is 2.08. The van der Waals surface area contributed by atoms with Crippen molar-refractivity contribution in [1.29, 1.82) is 0 Å². The minimum absolute atomic E-state index is 0.245. The number of hydrogen-bond donors (Lipinski definition) is 3. The van der Waals surface area contributed by atoms with Gasteiger partial charge in [0.1, 0.15) is 5.75 Å². The molecule has 0 radical (unpaired) electrons. The van der Waals surface area contributed by atoms with Crippen LogP contribution in [0.5, 0.6) is 5.75 Å². The van der Waals surface area contributed by atoms with Crippen LogP contribution in [0.3, 0.4) is 0 Å². The van der Waals surface area contributed by atoms with Gasteiger partial charge in [0.2, 0.25) is 0 Å². The lowest BCUT2D eigenvalue weighted by Crippen LogP contribution is -2.21. The highest BCUT2D eigenvalue weighted by Crippen LogP contribution is 2.18. The number of phenols is 1. The van der Waals surface area contributed by atoms with E-state index in [-0.39, 0.29) is 12.3 Å². The molecule has 1 aromatic rings. The van der Waals surface area contributed by atoms with E-state index in [1.54, 1.807) is 6.07 Å². The van der Waals surface area contributed by atoms with Gasteiger partial charge in [0.05, 0.1) is 6.10 Å². The summed E-state index contributed by atoms with van der Waals surface area (Å²) in [6, 6.07) is 5.37. The Labute approximate surface area is 77.8 Å². The maximum atomic E-state index is 9.37. The van der Waals surface area contributed by atoms with Crippen LogP contribution in [-0.4, -0.2) is 22.9 Å². The van der Waals surface area contributed by atoms with Gasteiger partial charge in [-0.25, -0.2) is 0 Å². The van der Waals surface area contributed by atoms with Gasteiger partial charge in [-0.05, 0) is 30.5 Å². The molecule has 1 unspecified atom stereocenters. The summed E-state index contributed by atoms with van der Waals surface area (Å²) in [6.07, 6.45) is -0.0354. The van der Waals surface area contributed by atoms with Gasteiger partial charge in [-0.3, -0.25) is 0 Å². The van der Waals surface area contributed by atoms with Crippen LogP contribution in [0.15, 0.2) is 18.2 Å². The first kappa shape index (κ1) is 10.0. The summed E-state index contributed by atoms with van der Waals surface area (Å²) in [7, 11) is 0. The highest BCUT2D eigenvalue weighted by Gasteiger charge is 2.04. The Bertz CT molecular complexity index is 286. The Balaban J connectivity index is 2.73. The van der Waals surface area contributed by atoms with Crippen molar-refractivity contribution in [3.8, 4) is 5.75 Å². The Morgan fingerprint density at radius 1 is 1.46 bits per heavy atom. The molecule has 1 aromatic carbocycles. The number of aryl methyl sites for hydroxylation is 1. The smallest absolute Gasteiger partial charge is 0.118 e. The van der Waals surface area contributed by atoms with E-state index in [1.807, 2.05) is 19.1 Å². The summed E-state index contributed by atoms with van der Waals surface area (Å²) >= 11 is 0. The Morgan fingerprint density at radius 2 is 2.15 bits per heavy atom. The Hall–Kier alpha value is -1.06. The SMILES string of the molecule is Cc1ccc(CC(O)CN)cc1O. The van der Waals surface area contributed by atoms with Crippen molar-refractivity contribution in [2.24, 2.45) is 5.73 Å². The standard InChI is InChI=1S/C10H15NO2/c1-7-2-3-8(5-10(7)13)4-9(12)6-11/h2-3,5,9,12-13H,4,6,11H2,1H3. The number of aliphatic hydroxyl groups excluding tert-OH is 1. The van der Waals surface area contributed by atoms with Crippen LogP contribution in [0.2, 0.25) is 0 Å². The minimum Gasteiger partial charge on any atom is -0.508 e. The van der Waals surface area contributed by atoms with Crippen molar-refractivity contribution in [3.63, 3.8) is 0 Å². The van der Waals surface area contributed by atoms with Crippen LogP contribution in [0, 0.1) is 6.92 Å². The molecule has 0 spiro atoms. The molecule has 0 aromatic heterocycles. The molecule has 1 atom stereocenters. The fourth-order valence-corrected chi connectivity index (χ4v) is 1.14. The zero-order valence-corrected chi connectivity index (χ0v) is 7.70. The molecule has 72 valence electrons. The second-order valence-electron chi connectivity index (χ2n) is 3.21. The fraction of sp³-hybridized carbons (Fsp3) is 0.400. The van der Waals surface area contributed by atoms with Crippen molar-refractivity contribution in [2.75, 3.05) is 6.54 Å². The molecule has 0 heterocycles. The molecule has 0 aliphatic heterocycles. The van der Waals surface area contributed by atoms with E-state index in [0.29, 0.717) is 6.42 Å². The molecule has 4 N–H and O–H groups in total. The van der Waals surface area contributed by atoms with Crippen LogP contribution in [0.4, 0.5) is 0 Å². The summed E-state index contributed by atoms with van der Waals surface area (Å²) in [5.74, 6) is 0.265. The van der Waals surface area contributed by atoms with E-state index in [1.165, 1.54) is 0 Å². The number of aliphatic hydroxyl groups is 1. The summed E-state index contributed by atoms with van der Waals surface area (Å²) in [4.78, 5) is 0. The first-order valence-electron chi connectivity index (χ1n) is 4.30. The van der Waals surface area contributed by atoms with E-state index in [9.17, 15) is 10.2 Å². The highest BCUT2D eigenvalue weighted by molar-refractivity contribution is 5.35. The lowest BCUT2D eigenvalue weighted by atomic mass is 10.1.